The molecule has 0 bridgehead atoms. The molecular weight excluding hydrogens is 340 g/mol. The van der Waals surface area contributed by atoms with Crippen molar-refractivity contribution in [2.75, 3.05) is 19.8 Å². The number of hydrogen-bond donors (Lipinski definition) is 2. The number of aromatic nitrogens is 2. The molecule has 0 amide bonds. The van der Waals surface area contributed by atoms with Crippen molar-refractivity contribution < 1.29 is 13.2 Å². The lowest BCUT2D eigenvalue weighted by atomic mass is 9.95. The van der Waals surface area contributed by atoms with Gasteiger partial charge in [-0.3, -0.25) is 4.68 Å². The number of ether oxygens (including phenoxy) is 1. The Morgan fingerprint density at radius 2 is 2.00 bits per heavy atom. The molecule has 0 unspecified atom stereocenters. The topological polar surface area (TPSA) is 99.2 Å². The molecule has 134 valence electrons. The second kappa shape index (κ2) is 8.43. The predicted octanol–water partition coefficient (Wildman–Crippen LogP) is 1.45. The summed E-state index contributed by atoms with van der Waals surface area (Å²) >= 11 is 0. The lowest BCUT2D eigenvalue weighted by Crippen LogP contribution is -2.52. The highest BCUT2D eigenvalue weighted by Crippen LogP contribution is 2.23. The van der Waals surface area contributed by atoms with Gasteiger partial charge in [0.2, 0.25) is 10.0 Å². The Hall–Kier alpha value is -0.670. The van der Waals surface area contributed by atoms with Crippen molar-refractivity contribution in [1.82, 2.24) is 14.5 Å². The van der Waals surface area contributed by atoms with E-state index in [0.717, 1.165) is 12.8 Å². The van der Waals surface area contributed by atoms with Crippen LogP contribution in [0.15, 0.2) is 17.3 Å². The standard InChI is InChI=1S/C14H26N4O3S.ClH/c1-3-14(4-2,11-15)17-22(19,20)13-9-16-18(10-13)12-5-7-21-8-6-12;/h9-10,12,17H,3-8,11,15H2,1-2H3;1H. The van der Waals surface area contributed by atoms with Crippen LogP contribution in [0.1, 0.15) is 45.6 Å². The molecule has 1 aliphatic rings. The number of halogens is 1. The second-order valence-corrected chi connectivity index (χ2v) is 7.48. The molecule has 1 aliphatic heterocycles. The van der Waals surface area contributed by atoms with E-state index in [1.807, 2.05) is 13.8 Å². The average molecular weight is 367 g/mol. The molecule has 7 nitrogen and oxygen atoms in total. The van der Waals surface area contributed by atoms with Gasteiger partial charge in [-0.05, 0) is 25.7 Å². The van der Waals surface area contributed by atoms with Gasteiger partial charge < -0.3 is 10.5 Å². The summed E-state index contributed by atoms with van der Waals surface area (Å²) in [4.78, 5) is 0.193. The van der Waals surface area contributed by atoms with E-state index < -0.39 is 15.6 Å². The number of hydrogen-bond acceptors (Lipinski definition) is 5. The van der Waals surface area contributed by atoms with Gasteiger partial charge in [-0.25, -0.2) is 13.1 Å². The van der Waals surface area contributed by atoms with Crippen LogP contribution in [0.5, 0.6) is 0 Å². The van der Waals surface area contributed by atoms with Crippen LogP contribution in [0.3, 0.4) is 0 Å². The van der Waals surface area contributed by atoms with E-state index in [4.69, 9.17) is 10.5 Å². The first-order valence-electron chi connectivity index (χ1n) is 7.82. The predicted molar refractivity (Wildman–Crippen MR) is 91.3 cm³/mol. The van der Waals surface area contributed by atoms with Crippen molar-refractivity contribution in [3.63, 3.8) is 0 Å². The van der Waals surface area contributed by atoms with Crippen molar-refractivity contribution in [2.45, 2.75) is 56.0 Å². The molecule has 0 atom stereocenters. The summed E-state index contributed by atoms with van der Waals surface area (Å²) in [6.07, 6.45) is 6.01. The quantitative estimate of drug-likeness (QED) is 0.760. The number of nitrogens with one attached hydrogen (secondary N) is 1. The first kappa shape index (κ1) is 20.4. The van der Waals surface area contributed by atoms with Gasteiger partial charge in [-0.1, -0.05) is 13.8 Å². The Kier molecular flexibility index (Phi) is 7.47. The lowest BCUT2D eigenvalue weighted by molar-refractivity contribution is 0.0662. The summed E-state index contributed by atoms with van der Waals surface area (Å²) in [5.74, 6) is 0. The minimum absolute atomic E-state index is 0. The lowest BCUT2D eigenvalue weighted by Gasteiger charge is -2.30. The van der Waals surface area contributed by atoms with Crippen LogP contribution in [0, 0.1) is 0 Å². The highest BCUT2D eigenvalue weighted by Gasteiger charge is 2.31. The summed E-state index contributed by atoms with van der Waals surface area (Å²) in [6.45, 7) is 5.52. The molecule has 0 aliphatic carbocycles. The number of sulfonamides is 1. The van der Waals surface area contributed by atoms with Gasteiger partial charge in [-0.15, -0.1) is 12.4 Å². The zero-order chi connectivity index (χ0) is 16.2. The van der Waals surface area contributed by atoms with Gasteiger partial charge in [0, 0.05) is 31.5 Å². The molecule has 1 saturated heterocycles. The summed E-state index contributed by atoms with van der Waals surface area (Å²) < 4.78 is 35.0. The minimum Gasteiger partial charge on any atom is -0.381 e. The van der Waals surface area contributed by atoms with Crippen molar-refractivity contribution in [1.29, 1.82) is 0 Å². The first-order chi connectivity index (χ1) is 10.5. The largest absolute Gasteiger partial charge is 0.381 e. The molecule has 0 aromatic carbocycles. The zero-order valence-corrected chi connectivity index (χ0v) is 15.3. The molecule has 3 N–H and O–H groups in total. The minimum atomic E-state index is -3.62. The van der Waals surface area contributed by atoms with Gasteiger partial charge in [0.25, 0.3) is 0 Å². The van der Waals surface area contributed by atoms with Crippen LogP contribution in [-0.2, 0) is 14.8 Å². The Labute approximate surface area is 144 Å². The Balaban J connectivity index is 0.00000264. The van der Waals surface area contributed by atoms with Gasteiger partial charge in [0.15, 0.2) is 0 Å². The summed E-state index contributed by atoms with van der Waals surface area (Å²) in [5, 5.41) is 4.22. The van der Waals surface area contributed by atoms with Crippen molar-refractivity contribution in [3.8, 4) is 0 Å². The second-order valence-electron chi connectivity index (χ2n) is 5.80. The molecule has 2 heterocycles. The molecule has 0 saturated carbocycles. The molecule has 23 heavy (non-hydrogen) atoms. The fraction of sp³-hybridized carbons (Fsp3) is 0.786. The van der Waals surface area contributed by atoms with Gasteiger partial charge in [-0.2, -0.15) is 5.10 Å². The van der Waals surface area contributed by atoms with Crippen LogP contribution in [0.4, 0.5) is 0 Å². The molecule has 1 aromatic rings. The van der Waals surface area contributed by atoms with E-state index in [1.54, 1.807) is 10.9 Å². The van der Waals surface area contributed by atoms with Gasteiger partial charge in [0.05, 0.1) is 12.2 Å². The Morgan fingerprint density at radius 1 is 1.39 bits per heavy atom. The maximum Gasteiger partial charge on any atom is 0.244 e. The third-order valence-corrected chi connectivity index (χ3v) is 6.08. The van der Waals surface area contributed by atoms with E-state index in [-0.39, 0.29) is 29.9 Å². The summed E-state index contributed by atoms with van der Waals surface area (Å²) in [6, 6.07) is 0.203. The normalized spacial score (nSPS) is 17.0. The van der Waals surface area contributed by atoms with E-state index in [9.17, 15) is 8.42 Å². The smallest absolute Gasteiger partial charge is 0.244 e. The maximum atomic E-state index is 12.6. The molecule has 9 heteroatoms. The summed E-state index contributed by atoms with van der Waals surface area (Å²) in [5.41, 5.74) is 5.18. The fourth-order valence-corrected chi connectivity index (χ4v) is 4.17. The third-order valence-electron chi connectivity index (χ3n) is 4.55. The Morgan fingerprint density at radius 3 is 2.52 bits per heavy atom. The van der Waals surface area contributed by atoms with Crippen LogP contribution >= 0.6 is 12.4 Å². The van der Waals surface area contributed by atoms with E-state index in [1.165, 1.54) is 6.20 Å². The van der Waals surface area contributed by atoms with Crippen molar-refractivity contribution in [3.05, 3.63) is 12.4 Å². The van der Waals surface area contributed by atoms with Crippen LogP contribution < -0.4 is 10.5 Å². The summed E-state index contributed by atoms with van der Waals surface area (Å²) in [7, 11) is -3.62. The number of nitrogens with zero attached hydrogens (tertiary/aromatic N) is 2. The van der Waals surface area contributed by atoms with Crippen LogP contribution in [0.25, 0.3) is 0 Å². The number of nitrogens with two attached hydrogens (primary N) is 1. The zero-order valence-electron chi connectivity index (χ0n) is 13.7. The van der Waals surface area contributed by atoms with Gasteiger partial charge >= 0.3 is 0 Å². The van der Waals surface area contributed by atoms with Gasteiger partial charge in [0.1, 0.15) is 4.90 Å². The molecule has 2 rings (SSSR count). The first-order valence-corrected chi connectivity index (χ1v) is 9.30. The molecule has 0 spiro atoms. The van der Waals surface area contributed by atoms with Crippen molar-refractivity contribution in [2.24, 2.45) is 5.73 Å². The fourth-order valence-electron chi connectivity index (χ4n) is 2.68. The van der Waals surface area contributed by atoms with Crippen molar-refractivity contribution >= 4 is 22.4 Å². The maximum absolute atomic E-state index is 12.6. The monoisotopic (exact) mass is 366 g/mol. The van der Waals surface area contributed by atoms with E-state index >= 15 is 0 Å². The highest BCUT2D eigenvalue weighted by atomic mass is 35.5. The molecule has 1 fully saturated rings. The molecular formula is C14H27ClN4O3S. The van der Waals surface area contributed by atoms with Crippen LogP contribution in [0.2, 0.25) is 0 Å². The van der Waals surface area contributed by atoms with E-state index in [2.05, 4.69) is 9.82 Å². The SMILES string of the molecule is CCC(CC)(CN)NS(=O)(=O)c1cnn(C2CCOCC2)c1.Cl. The highest BCUT2D eigenvalue weighted by molar-refractivity contribution is 7.89. The average Bonchev–Trinajstić information content (AvgIpc) is 3.04. The molecule has 0 radical (unpaired) electrons. The third kappa shape index (κ3) is 4.67. The van der Waals surface area contributed by atoms with E-state index in [0.29, 0.717) is 26.1 Å². The number of rotatable bonds is 7. The van der Waals surface area contributed by atoms with Crippen LogP contribution in [-0.4, -0.2) is 43.5 Å². The Bertz CT molecular complexity index is 572. The molecule has 1 aromatic heterocycles.